The number of nitro groups is 1. The van der Waals surface area contributed by atoms with E-state index < -0.39 is 4.92 Å². The van der Waals surface area contributed by atoms with Crippen LogP contribution in [0.1, 0.15) is 16.9 Å². The minimum atomic E-state index is -0.406. The van der Waals surface area contributed by atoms with Crippen molar-refractivity contribution >= 4 is 63.3 Å². The summed E-state index contributed by atoms with van der Waals surface area (Å²) in [6.45, 7) is 3.53. The van der Waals surface area contributed by atoms with Gasteiger partial charge in [0, 0.05) is 28.3 Å². The summed E-state index contributed by atoms with van der Waals surface area (Å²) in [6, 6.07) is 13.7. The Kier molecular flexibility index (Phi) is 5.70. The lowest BCUT2D eigenvalue weighted by atomic mass is 10.0. The Morgan fingerprint density at radius 2 is 1.97 bits per heavy atom. The number of anilines is 1. The number of carbonyl (C=O) groups excluding carboxylic acids is 1. The number of nitro benzene ring substituents is 1. The van der Waals surface area contributed by atoms with E-state index in [0.717, 1.165) is 5.56 Å². The molecule has 0 aliphatic carbocycles. The van der Waals surface area contributed by atoms with E-state index in [0.29, 0.717) is 42.6 Å². The van der Waals surface area contributed by atoms with Crippen molar-refractivity contribution in [2.45, 2.75) is 13.8 Å². The number of furan rings is 1. The monoisotopic (exact) mass is 470 g/mol. The molecule has 0 atom stereocenters. The van der Waals surface area contributed by atoms with Crippen molar-refractivity contribution in [3.63, 3.8) is 0 Å². The number of hydrogen-bond donors (Lipinski definition) is 0. The van der Waals surface area contributed by atoms with Gasteiger partial charge in [-0.2, -0.15) is 0 Å². The molecule has 0 N–H and O–H groups in total. The fraction of sp³-hybridized carbons (Fsp3) is 0.0909. The van der Waals surface area contributed by atoms with E-state index in [-0.39, 0.29) is 11.6 Å². The van der Waals surface area contributed by atoms with Gasteiger partial charge in [-0.3, -0.25) is 19.8 Å². The molecule has 1 aromatic heterocycles. The summed E-state index contributed by atoms with van der Waals surface area (Å²) in [5.74, 6) is 0.655. The summed E-state index contributed by atoms with van der Waals surface area (Å²) in [5, 5.41) is 11.8. The molecule has 2 aromatic carbocycles. The molecule has 1 aliphatic rings. The Bertz CT molecular complexity index is 1280. The molecular formula is C22H15ClN2O4S2. The number of amides is 1. The molecule has 0 saturated carbocycles. The molecule has 0 spiro atoms. The third kappa shape index (κ3) is 4.14. The smallest absolute Gasteiger partial charge is 0.273 e. The third-order valence-electron chi connectivity index (χ3n) is 4.88. The molecule has 4 rings (SSSR count). The van der Waals surface area contributed by atoms with Crippen LogP contribution in [0.4, 0.5) is 11.4 Å². The molecule has 9 heteroatoms. The van der Waals surface area contributed by atoms with Crippen LogP contribution >= 0.6 is 35.6 Å². The van der Waals surface area contributed by atoms with E-state index in [1.165, 1.54) is 22.7 Å². The summed E-state index contributed by atoms with van der Waals surface area (Å²) in [4.78, 5) is 25.7. The van der Waals surface area contributed by atoms with Crippen LogP contribution in [-0.2, 0) is 4.79 Å². The fourth-order valence-electron chi connectivity index (χ4n) is 3.19. The number of hydrogen-bond acceptors (Lipinski definition) is 6. The van der Waals surface area contributed by atoms with Gasteiger partial charge in [0.2, 0.25) is 0 Å². The van der Waals surface area contributed by atoms with Gasteiger partial charge in [0.05, 0.1) is 15.5 Å². The van der Waals surface area contributed by atoms with Crippen molar-refractivity contribution in [3.05, 3.63) is 85.5 Å². The second-order valence-electron chi connectivity index (χ2n) is 6.89. The van der Waals surface area contributed by atoms with E-state index in [9.17, 15) is 14.9 Å². The summed E-state index contributed by atoms with van der Waals surface area (Å²) in [7, 11) is 0. The van der Waals surface area contributed by atoms with E-state index in [1.807, 2.05) is 13.0 Å². The second kappa shape index (κ2) is 8.30. The summed E-state index contributed by atoms with van der Waals surface area (Å²) >= 11 is 12.6. The third-order valence-corrected chi connectivity index (χ3v) is 6.42. The average molecular weight is 471 g/mol. The SMILES string of the molecule is Cc1cc(-c2ccc(/C=C3\SC(=S)N(c4cccc(Cl)c4)C3=O)o2)cc([N+](=O)[O-])c1C. The van der Waals surface area contributed by atoms with Gasteiger partial charge in [0.15, 0.2) is 4.32 Å². The lowest BCUT2D eigenvalue weighted by Gasteiger charge is -2.14. The number of nitrogens with zero attached hydrogens (tertiary/aromatic N) is 2. The molecule has 1 fully saturated rings. The quantitative estimate of drug-likeness (QED) is 0.187. The van der Waals surface area contributed by atoms with E-state index in [1.54, 1.807) is 49.4 Å². The molecule has 0 radical (unpaired) electrons. The first-order valence-electron chi connectivity index (χ1n) is 9.14. The van der Waals surface area contributed by atoms with E-state index >= 15 is 0 Å². The first-order valence-corrected chi connectivity index (χ1v) is 10.7. The Labute approximate surface area is 192 Å². The summed E-state index contributed by atoms with van der Waals surface area (Å²) in [6.07, 6.45) is 1.61. The molecule has 1 amide bonds. The van der Waals surface area contributed by atoms with Gasteiger partial charge in [0.25, 0.3) is 11.6 Å². The van der Waals surface area contributed by atoms with E-state index in [2.05, 4.69) is 0 Å². The van der Waals surface area contributed by atoms with Crippen LogP contribution in [0.3, 0.4) is 0 Å². The highest BCUT2D eigenvalue weighted by Gasteiger charge is 2.33. The maximum Gasteiger partial charge on any atom is 0.273 e. The Hall–Kier alpha value is -2.94. The first kappa shape index (κ1) is 21.3. The molecule has 1 saturated heterocycles. The highest BCUT2D eigenvalue weighted by molar-refractivity contribution is 8.27. The van der Waals surface area contributed by atoms with Crippen molar-refractivity contribution in [1.29, 1.82) is 0 Å². The number of aryl methyl sites for hydroxylation is 1. The predicted molar refractivity (Wildman–Crippen MR) is 127 cm³/mol. The summed E-state index contributed by atoms with van der Waals surface area (Å²) in [5.41, 5.74) is 2.65. The number of benzene rings is 2. The lowest BCUT2D eigenvalue weighted by molar-refractivity contribution is -0.385. The molecule has 156 valence electrons. The van der Waals surface area contributed by atoms with Gasteiger partial charge in [-0.15, -0.1) is 0 Å². The zero-order valence-corrected chi connectivity index (χ0v) is 18.8. The van der Waals surface area contributed by atoms with Crippen LogP contribution < -0.4 is 4.90 Å². The van der Waals surface area contributed by atoms with Gasteiger partial charge < -0.3 is 4.42 Å². The normalized spacial score (nSPS) is 15.2. The van der Waals surface area contributed by atoms with Crippen LogP contribution in [0.15, 0.2) is 57.9 Å². The minimum Gasteiger partial charge on any atom is -0.457 e. The van der Waals surface area contributed by atoms with Crippen molar-refractivity contribution < 1.29 is 14.1 Å². The van der Waals surface area contributed by atoms with Crippen molar-refractivity contribution in [1.82, 2.24) is 0 Å². The molecule has 0 bridgehead atoms. The Morgan fingerprint density at radius 1 is 1.19 bits per heavy atom. The first-order chi connectivity index (χ1) is 14.7. The maximum atomic E-state index is 12.9. The van der Waals surface area contributed by atoms with Gasteiger partial charge >= 0.3 is 0 Å². The molecule has 2 heterocycles. The zero-order valence-electron chi connectivity index (χ0n) is 16.4. The number of rotatable bonds is 4. The van der Waals surface area contributed by atoms with Gasteiger partial charge in [0.1, 0.15) is 11.5 Å². The molecule has 0 unspecified atom stereocenters. The van der Waals surface area contributed by atoms with Crippen LogP contribution in [0.25, 0.3) is 17.4 Å². The Morgan fingerprint density at radius 3 is 2.68 bits per heavy atom. The van der Waals surface area contributed by atoms with Gasteiger partial charge in [-0.05, 0) is 55.8 Å². The van der Waals surface area contributed by atoms with Crippen molar-refractivity contribution in [2.24, 2.45) is 0 Å². The minimum absolute atomic E-state index is 0.0374. The number of thioether (sulfide) groups is 1. The second-order valence-corrected chi connectivity index (χ2v) is 9.01. The van der Waals surface area contributed by atoms with Crippen LogP contribution in [0.5, 0.6) is 0 Å². The Balaban J connectivity index is 1.64. The number of halogens is 1. The molecule has 3 aromatic rings. The number of carbonyl (C=O) groups is 1. The van der Waals surface area contributed by atoms with Crippen molar-refractivity contribution in [3.8, 4) is 11.3 Å². The fourth-order valence-corrected chi connectivity index (χ4v) is 4.66. The molecule has 31 heavy (non-hydrogen) atoms. The van der Waals surface area contributed by atoms with Gasteiger partial charge in [-0.1, -0.05) is 41.6 Å². The topological polar surface area (TPSA) is 76.6 Å². The maximum absolute atomic E-state index is 12.9. The largest absolute Gasteiger partial charge is 0.457 e. The van der Waals surface area contributed by atoms with Gasteiger partial charge in [-0.25, -0.2) is 0 Å². The summed E-state index contributed by atoms with van der Waals surface area (Å²) < 4.78 is 6.26. The molecular weight excluding hydrogens is 456 g/mol. The molecule has 1 aliphatic heterocycles. The zero-order chi connectivity index (χ0) is 22.3. The van der Waals surface area contributed by atoms with E-state index in [4.69, 9.17) is 28.2 Å². The van der Waals surface area contributed by atoms with Crippen molar-refractivity contribution in [2.75, 3.05) is 4.90 Å². The van der Waals surface area contributed by atoms with Crippen LogP contribution in [0, 0.1) is 24.0 Å². The van der Waals surface area contributed by atoms with Crippen LogP contribution in [-0.4, -0.2) is 15.2 Å². The standard InChI is InChI=1S/C22H15ClN2O4S2/c1-12-8-14(9-18(13(12)2)25(27)28)19-7-6-17(29-19)11-20-21(26)24(22(30)31-20)16-5-3-4-15(23)10-16/h3-11H,1-2H3/b20-11-. The lowest BCUT2D eigenvalue weighted by Crippen LogP contribution is -2.27. The molecule has 6 nitrogen and oxygen atoms in total. The average Bonchev–Trinajstić information content (AvgIpc) is 3.28. The highest BCUT2D eigenvalue weighted by atomic mass is 35.5. The predicted octanol–water partition coefficient (Wildman–Crippen LogP) is 6.53. The van der Waals surface area contributed by atoms with Crippen LogP contribution in [0.2, 0.25) is 5.02 Å². The number of thiocarbonyl (C=S) groups is 1. The highest BCUT2D eigenvalue weighted by Crippen LogP contribution is 2.37.